The van der Waals surface area contributed by atoms with E-state index in [1.54, 1.807) is 13.8 Å². The predicted molar refractivity (Wildman–Crippen MR) is 36.1 cm³/mol. The third-order valence-electron chi connectivity index (χ3n) is 1.09. The third-order valence-corrected chi connectivity index (χ3v) is 1.09. The Balaban J connectivity index is 2.97. The van der Waals surface area contributed by atoms with Crippen LogP contribution in [0, 0.1) is 6.20 Å². The van der Waals surface area contributed by atoms with Crippen LogP contribution in [0.4, 0.5) is 0 Å². The average Bonchev–Trinajstić information content (AvgIpc) is 1.88. The van der Waals surface area contributed by atoms with Crippen molar-refractivity contribution in [2.45, 2.75) is 19.4 Å². The molecule has 0 aliphatic carbocycles. The van der Waals surface area contributed by atoms with E-state index in [2.05, 4.69) is 16.2 Å². The number of aliphatic hydroxyl groups is 1. The van der Waals surface area contributed by atoms with E-state index in [-0.39, 0.29) is 0 Å². The van der Waals surface area contributed by atoms with Crippen molar-refractivity contribution in [2.24, 2.45) is 0 Å². The molecule has 1 rings (SSSR count). The Morgan fingerprint density at radius 2 is 2.20 bits per heavy atom. The summed E-state index contributed by atoms with van der Waals surface area (Å²) in [5, 5.41) is 9.36. The lowest BCUT2D eigenvalue weighted by Gasteiger charge is -2.13. The zero-order chi connectivity index (χ0) is 7.61. The number of hydrogen-bond donors (Lipinski definition) is 1. The van der Waals surface area contributed by atoms with Crippen molar-refractivity contribution in [2.75, 3.05) is 0 Å². The highest BCUT2D eigenvalue weighted by Crippen LogP contribution is 2.13. The second-order valence-electron chi connectivity index (χ2n) is 2.58. The Labute approximate surface area is 59.8 Å². The Hall–Kier alpha value is -0.960. The zero-order valence-electron chi connectivity index (χ0n) is 6.00. The highest BCUT2D eigenvalue weighted by atomic mass is 16.3. The van der Waals surface area contributed by atoms with E-state index < -0.39 is 5.60 Å². The minimum absolute atomic E-state index is 0.468. The van der Waals surface area contributed by atoms with Gasteiger partial charge in [0.25, 0.3) is 0 Å². The van der Waals surface area contributed by atoms with Crippen LogP contribution in [-0.2, 0) is 5.60 Å². The average molecular weight is 137 g/mol. The molecule has 1 aromatic rings. The molecule has 1 aromatic heterocycles. The van der Waals surface area contributed by atoms with E-state index in [0.717, 1.165) is 0 Å². The third kappa shape index (κ3) is 1.51. The van der Waals surface area contributed by atoms with Gasteiger partial charge in [-0.3, -0.25) is 9.97 Å². The van der Waals surface area contributed by atoms with Crippen LogP contribution in [-0.4, -0.2) is 15.1 Å². The van der Waals surface area contributed by atoms with Crippen LogP contribution in [0.15, 0.2) is 12.4 Å². The lowest BCUT2D eigenvalue weighted by Crippen LogP contribution is -2.17. The fourth-order valence-electron chi connectivity index (χ4n) is 0.563. The second kappa shape index (κ2) is 2.34. The molecule has 0 saturated heterocycles. The van der Waals surface area contributed by atoms with Gasteiger partial charge in [-0.25, -0.2) is 0 Å². The summed E-state index contributed by atoms with van der Waals surface area (Å²) in [7, 11) is 0. The number of aromatic nitrogens is 2. The van der Waals surface area contributed by atoms with Crippen LogP contribution in [0.5, 0.6) is 0 Å². The molecule has 0 amide bonds. The molecule has 53 valence electrons. The van der Waals surface area contributed by atoms with E-state index in [1.807, 2.05) is 0 Å². The normalized spacial score (nSPS) is 11.5. The van der Waals surface area contributed by atoms with Gasteiger partial charge < -0.3 is 5.11 Å². The molecule has 0 spiro atoms. The van der Waals surface area contributed by atoms with Gasteiger partial charge in [0.05, 0.1) is 5.69 Å². The van der Waals surface area contributed by atoms with Crippen molar-refractivity contribution in [3.8, 4) is 0 Å². The molecule has 3 nitrogen and oxygen atoms in total. The number of hydrogen-bond acceptors (Lipinski definition) is 3. The van der Waals surface area contributed by atoms with Crippen LogP contribution in [0.3, 0.4) is 0 Å². The van der Waals surface area contributed by atoms with Gasteiger partial charge in [-0.1, -0.05) is 0 Å². The van der Waals surface area contributed by atoms with Gasteiger partial charge in [-0.15, -0.1) is 0 Å². The molecule has 1 radical (unpaired) electrons. The standard InChI is InChI=1S/C7H9N2O/c1-7(2,10)6-5-8-3-4-9-6/h3-4,10H,1-2H3. The van der Waals surface area contributed by atoms with E-state index in [4.69, 9.17) is 0 Å². The lowest BCUT2D eigenvalue weighted by atomic mass is 10.1. The van der Waals surface area contributed by atoms with Crippen molar-refractivity contribution in [3.63, 3.8) is 0 Å². The van der Waals surface area contributed by atoms with Crippen LogP contribution < -0.4 is 0 Å². The maximum atomic E-state index is 9.36. The number of rotatable bonds is 1. The fraction of sp³-hybridized carbons (Fsp3) is 0.429. The smallest absolute Gasteiger partial charge is 0.115 e. The van der Waals surface area contributed by atoms with E-state index in [0.29, 0.717) is 5.69 Å². The van der Waals surface area contributed by atoms with Gasteiger partial charge in [-0.05, 0) is 13.8 Å². The van der Waals surface area contributed by atoms with Crippen LogP contribution >= 0.6 is 0 Å². The van der Waals surface area contributed by atoms with Gasteiger partial charge in [0.1, 0.15) is 11.8 Å². The van der Waals surface area contributed by atoms with Crippen molar-refractivity contribution in [3.05, 3.63) is 24.3 Å². The van der Waals surface area contributed by atoms with Gasteiger partial charge in [0.15, 0.2) is 0 Å². The Morgan fingerprint density at radius 1 is 1.50 bits per heavy atom. The summed E-state index contributed by atoms with van der Waals surface area (Å²) in [6.45, 7) is 3.29. The molecule has 0 aromatic carbocycles. The lowest BCUT2D eigenvalue weighted by molar-refractivity contribution is 0.0731. The Morgan fingerprint density at radius 3 is 2.50 bits per heavy atom. The molecule has 0 saturated carbocycles. The first-order chi connectivity index (χ1) is 4.61. The molecule has 1 N–H and O–H groups in total. The molecular weight excluding hydrogens is 128 g/mol. The first kappa shape index (κ1) is 7.15. The van der Waals surface area contributed by atoms with Crippen molar-refractivity contribution >= 4 is 0 Å². The molecule has 0 unspecified atom stereocenters. The SMILES string of the molecule is CC(C)(O)c1[c]nccn1. The maximum Gasteiger partial charge on any atom is 0.115 e. The van der Waals surface area contributed by atoms with E-state index in [9.17, 15) is 5.11 Å². The van der Waals surface area contributed by atoms with E-state index >= 15 is 0 Å². The highest BCUT2D eigenvalue weighted by molar-refractivity contribution is 5.02. The second-order valence-corrected chi connectivity index (χ2v) is 2.58. The van der Waals surface area contributed by atoms with Crippen molar-refractivity contribution in [1.29, 1.82) is 0 Å². The molecule has 0 atom stereocenters. The van der Waals surface area contributed by atoms with Crippen LogP contribution in [0.1, 0.15) is 19.5 Å². The minimum Gasteiger partial charge on any atom is -0.384 e. The van der Waals surface area contributed by atoms with Crippen molar-refractivity contribution < 1.29 is 5.11 Å². The molecule has 0 bridgehead atoms. The Bertz CT molecular complexity index is 203. The summed E-state index contributed by atoms with van der Waals surface area (Å²) in [5.41, 5.74) is -0.469. The predicted octanol–water partition coefficient (Wildman–Crippen LogP) is 0.504. The van der Waals surface area contributed by atoms with Crippen LogP contribution in [0.25, 0.3) is 0 Å². The molecule has 0 fully saturated rings. The summed E-state index contributed by atoms with van der Waals surface area (Å²) < 4.78 is 0. The Kier molecular flexibility index (Phi) is 1.68. The largest absolute Gasteiger partial charge is 0.384 e. The summed E-state index contributed by atoms with van der Waals surface area (Å²) in [4.78, 5) is 7.59. The molecule has 1 heterocycles. The molecule has 0 aliphatic rings. The molecule has 3 heteroatoms. The van der Waals surface area contributed by atoms with Crippen molar-refractivity contribution in [1.82, 2.24) is 9.97 Å². The summed E-state index contributed by atoms with van der Waals surface area (Å²) >= 11 is 0. The first-order valence-corrected chi connectivity index (χ1v) is 3.02. The van der Waals surface area contributed by atoms with Gasteiger partial charge >= 0.3 is 0 Å². The summed E-state index contributed by atoms with van der Waals surface area (Å²) in [6, 6.07) is 0. The fourth-order valence-corrected chi connectivity index (χ4v) is 0.563. The topological polar surface area (TPSA) is 46.0 Å². The number of nitrogens with zero attached hydrogens (tertiary/aromatic N) is 2. The summed E-state index contributed by atoms with van der Waals surface area (Å²) in [6.07, 6.45) is 5.65. The first-order valence-electron chi connectivity index (χ1n) is 3.02. The maximum absolute atomic E-state index is 9.36. The van der Waals surface area contributed by atoms with E-state index in [1.165, 1.54) is 12.4 Å². The molecule has 10 heavy (non-hydrogen) atoms. The monoisotopic (exact) mass is 137 g/mol. The van der Waals surface area contributed by atoms with Gasteiger partial charge in [0, 0.05) is 12.4 Å². The molecule has 0 aliphatic heterocycles. The highest BCUT2D eigenvalue weighted by Gasteiger charge is 2.17. The van der Waals surface area contributed by atoms with Crippen LogP contribution in [0.2, 0.25) is 0 Å². The minimum atomic E-state index is -0.936. The summed E-state index contributed by atoms with van der Waals surface area (Å²) in [5.74, 6) is 0. The van der Waals surface area contributed by atoms with Gasteiger partial charge in [0.2, 0.25) is 0 Å². The molecular formula is C7H9N2O. The quantitative estimate of drug-likeness (QED) is 0.613. The van der Waals surface area contributed by atoms with Gasteiger partial charge in [-0.2, -0.15) is 0 Å². The zero-order valence-corrected chi connectivity index (χ0v) is 6.00.